The zero-order valence-electron chi connectivity index (χ0n) is 10.6. The molecule has 0 aliphatic heterocycles. The Morgan fingerprint density at radius 2 is 2.05 bits per heavy atom. The SMILES string of the molecule is [CH2]CC(OC(=O)Nc1ccc([N+](=O)[O-])cc1)C(=C)C. The number of hydrogen-bond donors (Lipinski definition) is 1. The quantitative estimate of drug-likeness (QED) is 0.502. The molecule has 19 heavy (non-hydrogen) atoms. The highest BCUT2D eigenvalue weighted by Crippen LogP contribution is 2.16. The molecule has 1 rings (SSSR count). The summed E-state index contributed by atoms with van der Waals surface area (Å²) in [6.07, 6.45) is -0.702. The maximum Gasteiger partial charge on any atom is 0.412 e. The predicted octanol–water partition coefficient (Wildman–Crippen LogP) is 3.31. The maximum atomic E-state index is 11.6. The van der Waals surface area contributed by atoms with Gasteiger partial charge in [-0.2, -0.15) is 0 Å². The van der Waals surface area contributed by atoms with Crippen molar-refractivity contribution in [2.45, 2.75) is 19.4 Å². The van der Waals surface area contributed by atoms with Crippen molar-refractivity contribution >= 4 is 17.5 Å². The number of anilines is 1. The van der Waals surface area contributed by atoms with Crippen LogP contribution < -0.4 is 5.32 Å². The Hall–Kier alpha value is -2.37. The number of amides is 1. The van der Waals surface area contributed by atoms with Crippen LogP contribution in [0.25, 0.3) is 0 Å². The van der Waals surface area contributed by atoms with Crippen LogP contribution in [0.1, 0.15) is 13.3 Å². The molecule has 0 aliphatic carbocycles. The minimum Gasteiger partial charge on any atom is -0.441 e. The van der Waals surface area contributed by atoms with Gasteiger partial charge in [0.05, 0.1) is 4.92 Å². The molecule has 1 radical (unpaired) electrons. The van der Waals surface area contributed by atoms with Crippen LogP contribution in [-0.2, 0) is 4.74 Å². The topological polar surface area (TPSA) is 81.5 Å². The van der Waals surface area contributed by atoms with Crippen LogP contribution >= 0.6 is 0 Å². The highest BCUT2D eigenvalue weighted by atomic mass is 16.6. The van der Waals surface area contributed by atoms with Gasteiger partial charge in [-0.05, 0) is 38.0 Å². The summed E-state index contributed by atoms with van der Waals surface area (Å²) in [7, 11) is 0. The van der Waals surface area contributed by atoms with Crippen molar-refractivity contribution < 1.29 is 14.5 Å². The maximum absolute atomic E-state index is 11.6. The van der Waals surface area contributed by atoms with Crippen molar-refractivity contribution in [3.8, 4) is 0 Å². The first kappa shape index (κ1) is 14.7. The van der Waals surface area contributed by atoms with Crippen LogP contribution in [-0.4, -0.2) is 17.1 Å². The van der Waals surface area contributed by atoms with Crippen LogP contribution in [0.15, 0.2) is 36.4 Å². The third-order valence-corrected chi connectivity index (χ3v) is 2.39. The van der Waals surface area contributed by atoms with E-state index in [1.54, 1.807) is 6.92 Å². The summed E-state index contributed by atoms with van der Waals surface area (Å²) < 4.78 is 5.10. The molecule has 6 heteroatoms. The van der Waals surface area contributed by atoms with E-state index in [0.717, 1.165) is 0 Å². The van der Waals surface area contributed by atoms with Gasteiger partial charge >= 0.3 is 6.09 Å². The molecular formula is C13H15N2O4. The molecule has 0 spiro atoms. The van der Waals surface area contributed by atoms with E-state index >= 15 is 0 Å². The van der Waals surface area contributed by atoms with Crippen molar-refractivity contribution in [2.24, 2.45) is 0 Å². The van der Waals surface area contributed by atoms with E-state index in [1.807, 2.05) is 0 Å². The van der Waals surface area contributed by atoms with Crippen molar-refractivity contribution in [1.29, 1.82) is 0 Å². The second-order valence-electron chi connectivity index (χ2n) is 3.96. The van der Waals surface area contributed by atoms with Crippen LogP contribution in [0.4, 0.5) is 16.2 Å². The van der Waals surface area contributed by atoms with Crippen LogP contribution in [0.2, 0.25) is 0 Å². The normalized spacial score (nSPS) is 11.5. The van der Waals surface area contributed by atoms with E-state index in [0.29, 0.717) is 17.7 Å². The van der Waals surface area contributed by atoms with E-state index in [4.69, 9.17) is 4.74 Å². The van der Waals surface area contributed by atoms with Crippen molar-refractivity contribution in [3.05, 3.63) is 53.5 Å². The minimum atomic E-state index is -0.648. The number of carbonyl (C=O) groups excluding carboxylic acids is 1. The molecule has 1 unspecified atom stereocenters. The zero-order chi connectivity index (χ0) is 14.4. The fourth-order valence-corrected chi connectivity index (χ4v) is 1.35. The van der Waals surface area contributed by atoms with Crippen molar-refractivity contribution in [1.82, 2.24) is 0 Å². The zero-order valence-corrected chi connectivity index (χ0v) is 10.6. The van der Waals surface area contributed by atoms with E-state index in [2.05, 4.69) is 18.8 Å². The molecule has 1 N–H and O–H groups in total. The number of rotatable bonds is 5. The van der Waals surface area contributed by atoms with E-state index in [-0.39, 0.29) is 5.69 Å². The first-order valence-electron chi connectivity index (χ1n) is 5.60. The molecule has 1 aromatic rings. The van der Waals surface area contributed by atoms with E-state index < -0.39 is 17.1 Å². The average Bonchev–Trinajstić information content (AvgIpc) is 2.36. The Labute approximate surface area is 111 Å². The molecule has 101 valence electrons. The lowest BCUT2D eigenvalue weighted by molar-refractivity contribution is -0.384. The van der Waals surface area contributed by atoms with Gasteiger partial charge in [0.15, 0.2) is 0 Å². The van der Waals surface area contributed by atoms with Gasteiger partial charge in [-0.15, -0.1) is 0 Å². The van der Waals surface area contributed by atoms with Crippen LogP contribution in [0.3, 0.4) is 0 Å². The number of nitro benzene ring substituents is 1. The van der Waals surface area contributed by atoms with Gasteiger partial charge in [0, 0.05) is 17.8 Å². The van der Waals surface area contributed by atoms with Gasteiger partial charge in [0.25, 0.3) is 5.69 Å². The Bertz CT molecular complexity index is 482. The summed E-state index contributed by atoms with van der Waals surface area (Å²) in [6, 6.07) is 5.46. The Balaban J connectivity index is 2.61. The summed E-state index contributed by atoms with van der Waals surface area (Å²) in [5, 5.41) is 12.9. The molecule has 1 aromatic carbocycles. The smallest absolute Gasteiger partial charge is 0.412 e. The predicted molar refractivity (Wildman–Crippen MR) is 71.8 cm³/mol. The Morgan fingerprint density at radius 3 is 2.47 bits per heavy atom. The lowest BCUT2D eigenvalue weighted by Gasteiger charge is -2.16. The van der Waals surface area contributed by atoms with Gasteiger partial charge in [0.2, 0.25) is 0 Å². The number of hydrogen-bond acceptors (Lipinski definition) is 4. The highest BCUT2D eigenvalue weighted by Gasteiger charge is 2.13. The highest BCUT2D eigenvalue weighted by molar-refractivity contribution is 5.84. The minimum absolute atomic E-state index is 0.0449. The molecule has 6 nitrogen and oxygen atoms in total. The number of nitrogens with zero attached hydrogens (tertiary/aromatic N) is 1. The summed E-state index contributed by atoms with van der Waals surface area (Å²) in [5.74, 6) is 0. The standard InChI is InChI=1S/C13H15N2O4/c1-4-12(9(2)3)19-13(16)14-10-5-7-11(8-6-10)15(17)18/h5-8,12H,1-2,4H2,3H3,(H,14,16). The third kappa shape index (κ3) is 4.42. The lowest BCUT2D eigenvalue weighted by Crippen LogP contribution is -2.22. The molecule has 0 bridgehead atoms. The number of nitro groups is 1. The fraction of sp³-hybridized carbons (Fsp3) is 0.231. The molecule has 1 amide bonds. The van der Waals surface area contributed by atoms with E-state index in [1.165, 1.54) is 24.3 Å². The van der Waals surface area contributed by atoms with E-state index in [9.17, 15) is 14.9 Å². The summed E-state index contributed by atoms with van der Waals surface area (Å²) in [5.41, 5.74) is 1.07. The largest absolute Gasteiger partial charge is 0.441 e. The van der Waals surface area contributed by atoms with Gasteiger partial charge in [-0.25, -0.2) is 4.79 Å². The number of nitrogens with one attached hydrogen (secondary N) is 1. The number of benzene rings is 1. The number of carbonyl (C=O) groups is 1. The lowest BCUT2D eigenvalue weighted by atomic mass is 10.1. The molecule has 0 heterocycles. The van der Waals surface area contributed by atoms with Crippen LogP contribution in [0.5, 0.6) is 0 Å². The van der Waals surface area contributed by atoms with Crippen molar-refractivity contribution in [3.63, 3.8) is 0 Å². The monoisotopic (exact) mass is 263 g/mol. The third-order valence-electron chi connectivity index (χ3n) is 2.39. The Kier molecular flexibility index (Phi) is 5.05. The molecule has 0 aliphatic rings. The van der Waals surface area contributed by atoms with Gasteiger partial charge in [0.1, 0.15) is 6.10 Å². The number of ether oxygens (including phenoxy) is 1. The van der Waals surface area contributed by atoms with Gasteiger partial charge in [-0.1, -0.05) is 6.58 Å². The van der Waals surface area contributed by atoms with Crippen molar-refractivity contribution in [2.75, 3.05) is 5.32 Å². The Morgan fingerprint density at radius 1 is 1.47 bits per heavy atom. The summed E-state index contributed by atoms with van der Waals surface area (Å²) >= 11 is 0. The van der Waals surface area contributed by atoms with Crippen LogP contribution in [0, 0.1) is 17.0 Å². The number of non-ortho nitro benzene ring substituents is 1. The first-order valence-corrected chi connectivity index (χ1v) is 5.60. The average molecular weight is 263 g/mol. The molecule has 0 aromatic heterocycles. The second-order valence-corrected chi connectivity index (χ2v) is 3.96. The molecule has 0 saturated carbocycles. The summed E-state index contributed by atoms with van der Waals surface area (Å²) in [4.78, 5) is 21.5. The second kappa shape index (κ2) is 6.53. The molecule has 0 saturated heterocycles. The molecule has 0 fully saturated rings. The van der Waals surface area contributed by atoms with Gasteiger partial charge in [-0.3, -0.25) is 15.4 Å². The first-order chi connectivity index (χ1) is 8.93. The molecule has 1 atom stereocenters. The summed E-state index contributed by atoms with van der Waals surface area (Å²) in [6.45, 7) is 9.10. The molecular weight excluding hydrogens is 248 g/mol. The fourth-order valence-electron chi connectivity index (χ4n) is 1.35. The van der Waals surface area contributed by atoms with Gasteiger partial charge < -0.3 is 4.74 Å².